The van der Waals surface area contributed by atoms with E-state index in [1.807, 2.05) is 0 Å². The minimum Gasteiger partial charge on any atom is -0.397 e. The number of aliphatic hydroxyl groups excluding tert-OH is 1. The Morgan fingerprint density at radius 2 is 2.20 bits per heavy atom. The SMILES string of the molecule is CN(C)C(=O)c1ccc(N)c(NCC2CCCC2O)c1. The Bertz CT molecular complexity index is 488. The Kier molecular flexibility index (Phi) is 4.49. The smallest absolute Gasteiger partial charge is 0.253 e. The van der Waals surface area contributed by atoms with Crippen molar-refractivity contribution in [1.82, 2.24) is 4.90 Å². The summed E-state index contributed by atoms with van der Waals surface area (Å²) < 4.78 is 0. The topological polar surface area (TPSA) is 78.6 Å². The predicted octanol–water partition coefficient (Wildman–Crippen LogP) is 1.54. The Balaban J connectivity index is 2.06. The molecule has 1 amide bonds. The lowest BCUT2D eigenvalue weighted by Crippen LogP contribution is -2.23. The molecule has 1 saturated carbocycles. The highest BCUT2D eigenvalue weighted by Gasteiger charge is 2.24. The fraction of sp³-hybridized carbons (Fsp3) is 0.533. The first-order valence-electron chi connectivity index (χ1n) is 7.02. The second kappa shape index (κ2) is 6.13. The van der Waals surface area contributed by atoms with Crippen molar-refractivity contribution in [3.63, 3.8) is 0 Å². The van der Waals surface area contributed by atoms with E-state index in [0.29, 0.717) is 17.8 Å². The number of hydrogen-bond donors (Lipinski definition) is 3. The van der Waals surface area contributed by atoms with Crippen molar-refractivity contribution in [1.29, 1.82) is 0 Å². The van der Waals surface area contributed by atoms with Crippen molar-refractivity contribution >= 4 is 17.3 Å². The first-order chi connectivity index (χ1) is 9.49. The van der Waals surface area contributed by atoms with Crippen molar-refractivity contribution in [3.8, 4) is 0 Å². The number of rotatable bonds is 4. The van der Waals surface area contributed by atoms with Crippen LogP contribution in [0.1, 0.15) is 29.6 Å². The molecular formula is C15H23N3O2. The molecule has 2 unspecified atom stereocenters. The number of nitrogen functional groups attached to an aromatic ring is 1. The van der Waals surface area contributed by atoms with Crippen LogP contribution >= 0.6 is 0 Å². The van der Waals surface area contributed by atoms with E-state index in [0.717, 1.165) is 24.9 Å². The number of carbonyl (C=O) groups excluding carboxylic acids is 1. The average Bonchev–Trinajstić information content (AvgIpc) is 2.82. The Hall–Kier alpha value is -1.75. The lowest BCUT2D eigenvalue weighted by atomic mass is 10.1. The lowest BCUT2D eigenvalue weighted by molar-refractivity contribution is 0.0827. The van der Waals surface area contributed by atoms with Crippen LogP contribution in [0.15, 0.2) is 18.2 Å². The summed E-state index contributed by atoms with van der Waals surface area (Å²) in [6, 6.07) is 5.25. The van der Waals surface area contributed by atoms with E-state index in [9.17, 15) is 9.90 Å². The molecule has 0 spiro atoms. The molecule has 0 saturated heterocycles. The summed E-state index contributed by atoms with van der Waals surface area (Å²) in [7, 11) is 3.45. The summed E-state index contributed by atoms with van der Waals surface area (Å²) in [5, 5.41) is 13.1. The van der Waals surface area contributed by atoms with Crippen molar-refractivity contribution in [2.75, 3.05) is 31.7 Å². The fourth-order valence-electron chi connectivity index (χ4n) is 2.60. The maximum absolute atomic E-state index is 11.9. The van der Waals surface area contributed by atoms with Crippen LogP contribution in [0.4, 0.5) is 11.4 Å². The average molecular weight is 277 g/mol. The number of nitrogens with one attached hydrogen (secondary N) is 1. The maximum atomic E-state index is 11.9. The van der Waals surface area contributed by atoms with Crippen molar-refractivity contribution in [2.24, 2.45) is 5.92 Å². The number of amides is 1. The largest absolute Gasteiger partial charge is 0.397 e. The van der Waals surface area contributed by atoms with Gasteiger partial charge in [0.1, 0.15) is 0 Å². The molecule has 0 radical (unpaired) electrons. The zero-order chi connectivity index (χ0) is 14.7. The van der Waals surface area contributed by atoms with Gasteiger partial charge < -0.3 is 21.1 Å². The molecule has 1 fully saturated rings. The molecule has 5 heteroatoms. The van der Waals surface area contributed by atoms with Gasteiger partial charge in [0.05, 0.1) is 17.5 Å². The number of nitrogens with two attached hydrogens (primary N) is 1. The van der Waals surface area contributed by atoms with E-state index < -0.39 is 0 Å². The van der Waals surface area contributed by atoms with E-state index in [-0.39, 0.29) is 17.9 Å². The van der Waals surface area contributed by atoms with Gasteiger partial charge in [-0.25, -0.2) is 0 Å². The summed E-state index contributed by atoms with van der Waals surface area (Å²) in [6.45, 7) is 0.685. The summed E-state index contributed by atoms with van der Waals surface area (Å²) >= 11 is 0. The normalized spacial score (nSPS) is 21.8. The minimum atomic E-state index is -0.227. The minimum absolute atomic E-state index is 0.0473. The van der Waals surface area contributed by atoms with E-state index >= 15 is 0 Å². The monoisotopic (exact) mass is 277 g/mol. The van der Waals surface area contributed by atoms with E-state index in [1.165, 1.54) is 4.90 Å². The van der Waals surface area contributed by atoms with Crippen molar-refractivity contribution < 1.29 is 9.90 Å². The van der Waals surface area contributed by atoms with Crippen LogP contribution in [0.3, 0.4) is 0 Å². The summed E-state index contributed by atoms with van der Waals surface area (Å²) in [5.74, 6) is 0.219. The van der Waals surface area contributed by atoms with Gasteiger partial charge in [-0.3, -0.25) is 4.79 Å². The number of nitrogens with zero attached hydrogens (tertiary/aromatic N) is 1. The molecule has 20 heavy (non-hydrogen) atoms. The summed E-state index contributed by atoms with van der Waals surface area (Å²) in [4.78, 5) is 13.5. The Labute approximate surface area is 119 Å². The molecule has 1 aromatic rings. The van der Waals surface area contributed by atoms with Gasteiger partial charge in [0.2, 0.25) is 0 Å². The first-order valence-corrected chi connectivity index (χ1v) is 7.02. The Morgan fingerprint density at radius 3 is 2.80 bits per heavy atom. The second-order valence-electron chi connectivity index (χ2n) is 5.64. The highest BCUT2D eigenvalue weighted by molar-refractivity contribution is 5.95. The molecule has 0 aliphatic heterocycles. The number of benzene rings is 1. The van der Waals surface area contributed by atoms with Crippen LogP contribution in [0, 0.1) is 5.92 Å². The number of anilines is 2. The van der Waals surface area contributed by atoms with Crippen LogP contribution < -0.4 is 11.1 Å². The van der Waals surface area contributed by atoms with Crippen LogP contribution in [-0.2, 0) is 0 Å². The van der Waals surface area contributed by atoms with Gasteiger partial charge in [0.25, 0.3) is 5.91 Å². The fourth-order valence-corrected chi connectivity index (χ4v) is 2.60. The molecule has 4 N–H and O–H groups in total. The molecule has 0 bridgehead atoms. The molecule has 2 atom stereocenters. The van der Waals surface area contributed by atoms with E-state index in [4.69, 9.17) is 5.73 Å². The molecular weight excluding hydrogens is 254 g/mol. The van der Waals surface area contributed by atoms with Crippen molar-refractivity contribution in [2.45, 2.75) is 25.4 Å². The predicted molar refractivity (Wildman–Crippen MR) is 80.7 cm³/mol. The van der Waals surface area contributed by atoms with Gasteiger partial charge in [-0.15, -0.1) is 0 Å². The van der Waals surface area contributed by atoms with Crippen LogP contribution in [0.25, 0.3) is 0 Å². The standard InChI is InChI=1S/C15H23N3O2/c1-18(2)15(20)10-6-7-12(16)13(8-10)17-9-11-4-3-5-14(11)19/h6-8,11,14,17,19H,3-5,9,16H2,1-2H3. The van der Waals surface area contributed by atoms with Crippen LogP contribution in [0.2, 0.25) is 0 Å². The van der Waals surface area contributed by atoms with Crippen LogP contribution in [-0.4, -0.2) is 42.7 Å². The van der Waals surface area contributed by atoms with E-state index in [1.54, 1.807) is 32.3 Å². The lowest BCUT2D eigenvalue weighted by Gasteiger charge is -2.18. The maximum Gasteiger partial charge on any atom is 0.253 e. The zero-order valence-electron chi connectivity index (χ0n) is 12.1. The molecule has 1 aliphatic rings. The molecule has 0 aromatic heterocycles. The van der Waals surface area contributed by atoms with Gasteiger partial charge >= 0.3 is 0 Å². The van der Waals surface area contributed by atoms with Crippen molar-refractivity contribution in [3.05, 3.63) is 23.8 Å². The zero-order valence-corrected chi connectivity index (χ0v) is 12.1. The Morgan fingerprint density at radius 1 is 1.45 bits per heavy atom. The third kappa shape index (κ3) is 3.22. The highest BCUT2D eigenvalue weighted by atomic mass is 16.3. The third-order valence-electron chi connectivity index (χ3n) is 3.88. The molecule has 1 aromatic carbocycles. The molecule has 2 rings (SSSR count). The first kappa shape index (κ1) is 14.7. The van der Waals surface area contributed by atoms with Gasteiger partial charge in [-0.1, -0.05) is 6.42 Å². The molecule has 1 aliphatic carbocycles. The van der Waals surface area contributed by atoms with Crippen LogP contribution in [0.5, 0.6) is 0 Å². The van der Waals surface area contributed by atoms with Gasteiger partial charge in [0.15, 0.2) is 0 Å². The second-order valence-corrected chi connectivity index (χ2v) is 5.64. The van der Waals surface area contributed by atoms with Gasteiger partial charge in [0, 0.05) is 32.1 Å². The quantitative estimate of drug-likeness (QED) is 0.730. The molecule has 5 nitrogen and oxygen atoms in total. The summed E-state index contributed by atoms with van der Waals surface area (Å²) in [6.07, 6.45) is 2.75. The molecule has 0 heterocycles. The highest BCUT2D eigenvalue weighted by Crippen LogP contribution is 2.27. The molecule has 110 valence electrons. The van der Waals surface area contributed by atoms with E-state index in [2.05, 4.69) is 5.32 Å². The van der Waals surface area contributed by atoms with Gasteiger partial charge in [-0.05, 0) is 31.0 Å². The number of aliphatic hydroxyl groups is 1. The summed E-state index contributed by atoms with van der Waals surface area (Å²) in [5.41, 5.74) is 7.92. The number of hydrogen-bond acceptors (Lipinski definition) is 4. The number of carbonyl (C=O) groups is 1. The third-order valence-corrected chi connectivity index (χ3v) is 3.88. The van der Waals surface area contributed by atoms with Gasteiger partial charge in [-0.2, -0.15) is 0 Å².